The number of aliphatic hydroxyl groups is 1. The van der Waals surface area contributed by atoms with E-state index in [4.69, 9.17) is 4.74 Å². The predicted octanol–water partition coefficient (Wildman–Crippen LogP) is 0.592. The van der Waals surface area contributed by atoms with Crippen molar-refractivity contribution in [2.24, 2.45) is 5.41 Å². The number of carbonyl (C=O) groups excluding carboxylic acids is 1. The minimum atomic E-state index is -0.292. The summed E-state index contributed by atoms with van der Waals surface area (Å²) in [6, 6.07) is 2.27. The van der Waals surface area contributed by atoms with Crippen LogP contribution in [0.4, 0.5) is 0 Å². The lowest BCUT2D eigenvalue weighted by molar-refractivity contribution is -0.0695. The molecule has 1 unspecified atom stereocenters. The number of ether oxygens (including phenoxy) is 1. The number of β-amino-alcohol motifs (C(OH)–C–C–N with tert-alkyl or cyclic N) is 1. The molecule has 1 atom stereocenters. The summed E-state index contributed by atoms with van der Waals surface area (Å²) in [7, 11) is 0. The molecule has 3 fully saturated rings. The Bertz CT molecular complexity index is 839. The summed E-state index contributed by atoms with van der Waals surface area (Å²) in [6.07, 6.45) is 7.81. The van der Waals surface area contributed by atoms with Crippen LogP contribution in [-0.2, 0) is 4.74 Å². The summed E-state index contributed by atoms with van der Waals surface area (Å²) in [5.74, 6) is 0.502. The minimum Gasteiger partial charge on any atom is -0.392 e. The number of amides is 1. The maximum atomic E-state index is 12.9. The summed E-state index contributed by atoms with van der Waals surface area (Å²) >= 11 is 0. The number of hydrogen-bond donors (Lipinski definition) is 1. The van der Waals surface area contributed by atoms with E-state index in [0.29, 0.717) is 24.9 Å². The molecule has 156 valence electrons. The molecule has 3 aliphatic heterocycles. The average Bonchev–Trinajstić information content (AvgIpc) is 3.18. The van der Waals surface area contributed by atoms with Gasteiger partial charge >= 0.3 is 0 Å². The predicted molar refractivity (Wildman–Crippen MR) is 104 cm³/mol. The van der Waals surface area contributed by atoms with Crippen molar-refractivity contribution in [3.63, 3.8) is 0 Å². The Labute approximate surface area is 169 Å². The second kappa shape index (κ2) is 7.62. The van der Waals surface area contributed by atoms with Crippen molar-refractivity contribution < 1.29 is 14.6 Å². The van der Waals surface area contributed by atoms with Crippen LogP contribution in [0.25, 0.3) is 5.78 Å². The van der Waals surface area contributed by atoms with Gasteiger partial charge < -0.3 is 14.7 Å². The van der Waals surface area contributed by atoms with Gasteiger partial charge in [0.15, 0.2) is 0 Å². The first-order valence-electron chi connectivity index (χ1n) is 10.6. The number of aromatic nitrogens is 4. The van der Waals surface area contributed by atoms with E-state index in [1.165, 1.54) is 4.52 Å². The maximum absolute atomic E-state index is 12.9. The van der Waals surface area contributed by atoms with Crippen molar-refractivity contribution in [2.75, 3.05) is 39.4 Å². The number of rotatable bonds is 2. The SMILES string of the molecule is O=C(c1nc2ncccn2n1)N1CCC2(CC1)CC(O)CN(C1CCOCC1)C2. The van der Waals surface area contributed by atoms with E-state index < -0.39 is 0 Å². The first-order chi connectivity index (χ1) is 14.1. The fraction of sp³-hybridized carbons (Fsp3) is 0.700. The van der Waals surface area contributed by atoms with Crippen LogP contribution < -0.4 is 0 Å². The third kappa shape index (κ3) is 3.74. The van der Waals surface area contributed by atoms with Gasteiger partial charge in [0, 0.05) is 57.8 Å². The van der Waals surface area contributed by atoms with Crippen molar-refractivity contribution in [1.29, 1.82) is 0 Å². The molecule has 0 radical (unpaired) electrons. The normalized spacial score (nSPS) is 26.2. The van der Waals surface area contributed by atoms with Crippen molar-refractivity contribution in [1.82, 2.24) is 29.4 Å². The summed E-state index contributed by atoms with van der Waals surface area (Å²) in [6.45, 7) is 4.74. The number of carbonyl (C=O) groups is 1. The van der Waals surface area contributed by atoms with Crippen LogP contribution in [0.5, 0.6) is 0 Å². The highest BCUT2D eigenvalue weighted by atomic mass is 16.5. The van der Waals surface area contributed by atoms with Crippen molar-refractivity contribution in [3.8, 4) is 0 Å². The molecule has 29 heavy (non-hydrogen) atoms. The number of piperidine rings is 2. The third-order valence-corrected chi connectivity index (χ3v) is 6.78. The quantitative estimate of drug-likeness (QED) is 0.788. The number of likely N-dealkylation sites (tertiary alicyclic amines) is 2. The van der Waals surface area contributed by atoms with Crippen LogP contribution in [0, 0.1) is 5.41 Å². The van der Waals surface area contributed by atoms with Gasteiger partial charge in [0.2, 0.25) is 5.82 Å². The van der Waals surface area contributed by atoms with Crippen LogP contribution in [0.15, 0.2) is 18.5 Å². The van der Waals surface area contributed by atoms with Gasteiger partial charge in [-0.3, -0.25) is 9.69 Å². The van der Waals surface area contributed by atoms with Gasteiger partial charge in [0.05, 0.1) is 6.10 Å². The van der Waals surface area contributed by atoms with Crippen molar-refractivity contribution >= 4 is 11.7 Å². The maximum Gasteiger partial charge on any atom is 0.293 e. The van der Waals surface area contributed by atoms with Gasteiger partial charge in [-0.15, -0.1) is 5.10 Å². The molecule has 1 N–H and O–H groups in total. The highest BCUT2D eigenvalue weighted by Crippen LogP contribution is 2.41. The van der Waals surface area contributed by atoms with E-state index in [2.05, 4.69) is 20.0 Å². The lowest BCUT2D eigenvalue weighted by atomic mass is 9.71. The van der Waals surface area contributed by atoms with Crippen LogP contribution in [-0.4, -0.2) is 91.9 Å². The molecule has 1 spiro atoms. The Morgan fingerprint density at radius 2 is 2.03 bits per heavy atom. The minimum absolute atomic E-state index is 0.0840. The van der Waals surface area contributed by atoms with E-state index in [1.54, 1.807) is 18.5 Å². The zero-order chi connectivity index (χ0) is 19.8. The number of nitrogens with zero attached hydrogens (tertiary/aromatic N) is 6. The van der Waals surface area contributed by atoms with E-state index in [0.717, 1.165) is 58.4 Å². The first-order valence-corrected chi connectivity index (χ1v) is 10.6. The van der Waals surface area contributed by atoms with Gasteiger partial charge in [-0.05, 0) is 43.6 Å². The molecule has 9 heteroatoms. The topological polar surface area (TPSA) is 96.1 Å². The molecule has 9 nitrogen and oxygen atoms in total. The van der Waals surface area contributed by atoms with Crippen LogP contribution in [0.3, 0.4) is 0 Å². The summed E-state index contributed by atoms with van der Waals surface area (Å²) in [5.41, 5.74) is 0.0840. The molecule has 0 aliphatic carbocycles. The molecular formula is C20H28N6O3. The molecule has 5 rings (SSSR count). The van der Waals surface area contributed by atoms with E-state index in [-0.39, 0.29) is 23.3 Å². The van der Waals surface area contributed by atoms with Crippen LogP contribution in [0.2, 0.25) is 0 Å². The number of aliphatic hydroxyl groups excluding tert-OH is 1. The van der Waals surface area contributed by atoms with Gasteiger partial charge in [0.25, 0.3) is 11.7 Å². The van der Waals surface area contributed by atoms with Gasteiger partial charge in [0.1, 0.15) is 0 Å². The summed E-state index contributed by atoms with van der Waals surface area (Å²) in [5, 5.41) is 14.8. The lowest BCUT2D eigenvalue weighted by Gasteiger charge is -2.51. The highest BCUT2D eigenvalue weighted by Gasteiger charge is 2.44. The Morgan fingerprint density at radius 3 is 2.79 bits per heavy atom. The molecule has 0 bridgehead atoms. The van der Waals surface area contributed by atoms with Gasteiger partial charge in [-0.25, -0.2) is 9.50 Å². The van der Waals surface area contributed by atoms with Gasteiger partial charge in [-0.2, -0.15) is 4.98 Å². The van der Waals surface area contributed by atoms with Crippen molar-refractivity contribution in [2.45, 2.75) is 44.2 Å². The van der Waals surface area contributed by atoms with E-state index >= 15 is 0 Å². The first kappa shape index (κ1) is 18.9. The van der Waals surface area contributed by atoms with Crippen LogP contribution in [0.1, 0.15) is 42.7 Å². The Hall–Kier alpha value is -2.10. The van der Waals surface area contributed by atoms with E-state index in [9.17, 15) is 9.90 Å². The van der Waals surface area contributed by atoms with Crippen LogP contribution >= 0.6 is 0 Å². The van der Waals surface area contributed by atoms with Gasteiger partial charge in [-0.1, -0.05) is 0 Å². The molecular weight excluding hydrogens is 372 g/mol. The number of fused-ring (bicyclic) bond motifs is 1. The second-order valence-electron chi connectivity index (χ2n) is 8.72. The number of hydrogen-bond acceptors (Lipinski definition) is 7. The summed E-state index contributed by atoms with van der Waals surface area (Å²) < 4.78 is 7.04. The Morgan fingerprint density at radius 1 is 1.24 bits per heavy atom. The largest absolute Gasteiger partial charge is 0.392 e. The third-order valence-electron chi connectivity index (χ3n) is 6.78. The molecule has 3 aliphatic rings. The fourth-order valence-corrected chi connectivity index (χ4v) is 5.23. The fourth-order valence-electron chi connectivity index (χ4n) is 5.23. The molecule has 2 aromatic heterocycles. The Balaban J connectivity index is 1.25. The molecule has 2 aromatic rings. The zero-order valence-corrected chi connectivity index (χ0v) is 16.6. The Kier molecular flexibility index (Phi) is 4.97. The molecule has 0 aromatic carbocycles. The summed E-state index contributed by atoms with van der Waals surface area (Å²) in [4.78, 5) is 25.6. The van der Waals surface area contributed by atoms with Crippen molar-refractivity contribution in [3.05, 3.63) is 24.3 Å². The van der Waals surface area contributed by atoms with E-state index in [1.807, 2.05) is 4.90 Å². The average molecular weight is 400 g/mol. The highest BCUT2D eigenvalue weighted by molar-refractivity contribution is 5.90. The zero-order valence-electron chi connectivity index (χ0n) is 16.6. The molecule has 5 heterocycles. The molecule has 1 amide bonds. The molecule has 0 saturated carbocycles. The smallest absolute Gasteiger partial charge is 0.293 e. The monoisotopic (exact) mass is 400 g/mol. The standard InChI is InChI=1S/C20H28N6O3/c27-16-12-20(14-25(13-16)15-2-10-29-11-3-15)4-8-24(9-5-20)18(28)17-22-19-21-6-1-7-26(19)23-17/h1,6-7,15-16,27H,2-5,8-14H2. The second-order valence-corrected chi connectivity index (χ2v) is 8.72. The molecule has 3 saturated heterocycles. The lowest BCUT2D eigenvalue weighted by Crippen LogP contribution is -2.57.